The Balaban J connectivity index is 1.91. The van der Waals surface area contributed by atoms with E-state index in [1.807, 2.05) is 6.07 Å². The second-order valence-electron chi connectivity index (χ2n) is 5.33. The van der Waals surface area contributed by atoms with Crippen molar-refractivity contribution in [3.8, 4) is 0 Å². The van der Waals surface area contributed by atoms with Crippen molar-refractivity contribution in [3.05, 3.63) is 35.9 Å². The van der Waals surface area contributed by atoms with Gasteiger partial charge in [-0.25, -0.2) is 0 Å². The van der Waals surface area contributed by atoms with Crippen molar-refractivity contribution in [1.82, 2.24) is 0 Å². The number of hydrogen-bond acceptors (Lipinski definition) is 2. The lowest BCUT2D eigenvalue weighted by Gasteiger charge is -2.05. The minimum Gasteiger partial charge on any atom is -0.466 e. The molecular weight excluding hydrogens is 248 g/mol. The molecule has 0 unspecified atom stereocenters. The molecule has 0 aliphatic carbocycles. The van der Waals surface area contributed by atoms with Gasteiger partial charge in [0.25, 0.3) is 0 Å². The third-order valence-electron chi connectivity index (χ3n) is 3.45. The molecule has 2 heteroatoms. The number of hydrogen-bond donors (Lipinski definition) is 0. The van der Waals surface area contributed by atoms with E-state index in [9.17, 15) is 4.79 Å². The Kier molecular flexibility index (Phi) is 9.64. The van der Waals surface area contributed by atoms with Gasteiger partial charge in [0, 0.05) is 6.42 Å². The molecule has 0 N–H and O–H groups in total. The first-order valence-electron chi connectivity index (χ1n) is 8.02. The number of rotatable bonds is 11. The molecular formula is C18H28O2. The predicted octanol–water partition coefficient (Wildman–Crippen LogP) is 4.91. The summed E-state index contributed by atoms with van der Waals surface area (Å²) in [5.41, 5.74) is 1.36. The highest BCUT2D eigenvalue weighted by Gasteiger charge is 2.02. The van der Waals surface area contributed by atoms with E-state index < -0.39 is 0 Å². The Morgan fingerprint density at radius 1 is 0.950 bits per heavy atom. The third-order valence-corrected chi connectivity index (χ3v) is 3.45. The molecule has 0 saturated heterocycles. The monoisotopic (exact) mass is 276 g/mol. The predicted molar refractivity (Wildman–Crippen MR) is 83.7 cm³/mol. The van der Waals surface area contributed by atoms with Gasteiger partial charge in [0.2, 0.25) is 0 Å². The zero-order valence-electron chi connectivity index (χ0n) is 12.8. The van der Waals surface area contributed by atoms with E-state index >= 15 is 0 Å². The van der Waals surface area contributed by atoms with Crippen molar-refractivity contribution in [2.75, 3.05) is 6.61 Å². The van der Waals surface area contributed by atoms with Gasteiger partial charge in [-0.2, -0.15) is 0 Å². The summed E-state index contributed by atoms with van der Waals surface area (Å²) >= 11 is 0. The second kappa shape index (κ2) is 11.5. The number of unbranched alkanes of at least 4 members (excludes halogenated alkanes) is 5. The molecule has 1 aromatic rings. The Labute approximate surface area is 123 Å². The molecule has 0 amide bonds. The molecule has 0 spiro atoms. The van der Waals surface area contributed by atoms with Crippen LogP contribution < -0.4 is 0 Å². The van der Waals surface area contributed by atoms with Crippen LogP contribution in [0.5, 0.6) is 0 Å². The highest BCUT2D eigenvalue weighted by molar-refractivity contribution is 5.69. The van der Waals surface area contributed by atoms with E-state index in [1.165, 1.54) is 24.8 Å². The SMILES string of the molecule is CCCCCCCC(=O)OCCCCc1ccccc1. The molecule has 0 fully saturated rings. The van der Waals surface area contributed by atoms with Gasteiger partial charge in [0.15, 0.2) is 0 Å². The van der Waals surface area contributed by atoms with Crippen LogP contribution in [0.1, 0.15) is 63.9 Å². The van der Waals surface area contributed by atoms with Crippen molar-refractivity contribution in [3.63, 3.8) is 0 Å². The first-order valence-corrected chi connectivity index (χ1v) is 8.02. The maximum Gasteiger partial charge on any atom is 0.305 e. The molecule has 0 bridgehead atoms. The number of aryl methyl sites for hydroxylation is 1. The molecule has 1 aromatic carbocycles. The van der Waals surface area contributed by atoms with Crippen LogP contribution in [-0.2, 0) is 16.0 Å². The van der Waals surface area contributed by atoms with Gasteiger partial charge in [-0.3, -0.25) is 4.79 Å². The van der Waals surface area contributed by atoms with Crippen LogP contribution >= 0.6 is 0 Å². The summed E-state index contributed by atoms with van der Waals surface area (Å²) < 4.78 is 5.25. The topological polar surface area (TPSA) is 26.3 Å². The van der Waals surface area contributed by atoms with Gasteiger partial charge in [0.1, 0.15) is 0 Å². The van der Waals surface area contributed by atoms with Crippen LogP contribution in [0, 0.1) is 0 Å². The van der Waals surface area contributed by atoms with Gasteiger partial charge < -0.3 is 4.74 Å². The lowest BCUT2D eigenvalue weighted by atomic mass is 10.1. The zero-order chi connectivity index (χ0) is 14.5. The summed E-state index contributed by atoms with van der Waals surface area (Å²) in [5.74, 6) is -0.0267. The molecule has 0 saturated carbocycles. The van der Waals surface area contributed by atoms with Gasteiger partial charge in [0.05, 0.1) is 6.61 Å². The lowest BCUT2D eigenvalue weighted by molar-refractivity contribution is -0.143. The minimum atomic E-state index is -0.0267. The van der Waals surface area contributed by atoms with Crippen LogP contribution in [0.25, 0.3) is 0 Å². The van der Waals surface area contributed by atoms with Gasteiger partial charge in [-0.15, -0.1) is 0 Å². The van der Waals surface area contributed by atoms with Crippen molar-refractivity contribution in [1.29, 1.82) is 0 Å². The average Bonchev–Trinajstić information content (AvgIpc) is 2.48. The Bertz CT molecular complexity index is 346. The summed E-state index contributed by atoms with van der Waals surface area (Å²) in [6, 6.07) is 10.4. The molecule has 1 rings (SSSR count). The number of benzene rings is 1. The van der Waals surface area contributed by atoms with E-state index in [1.54, 1.807) is 0 Å². The normalized spacial score (nSPS) is 10.4. The summed E-state index contributed by atoms with van der Waals surface area (Å²) in [4.78, 5) is 11.5. The van der Waals surface area contributed by atoms with Crippen LogP contribution in [0.3, 0.4) is 0 Å². The standard InChI is InChI=1S/C18H28O2/c1-2-3-4-5-9-15-18(19)20-16-11-10-14-17-12-7-6-8-13-17/h6-8,12-13H,2-5,9-11,14-16H2,1H3. The lowest BCUT2D eigenvalue weighted by Crippen LogP contribution is -2.05. The van der Waals surface area contributed by atoms with Crippen molar-refractivity contribution < 1.29 is 9.53 Å². The third kappa shape index (κ3) is 8.73. The van der Waals surface area contributed by atoms with Crippen LogP contribution in [0.4, 0.5) is 0 Å². The van der Waals surface area contributed by atoms with E-state index in [0.29, 0.717) is 13.0 Å². The van der Waals surface area contributed by atoms with Crippen molar-refractivity contribution in [2.45, 2.75) is 64.7 Å². The second-order valence-corrected chi connectivity index (χ2v) is 5.33. The maximum atomic E-state index is 11.5. The fraction of sp³-hybridized carbons (Fsp3) is 0.611. The summed E-state index contributed by atoms with van der Waals surface area (Å²) in [5, 5.41) is 0. The molecule has 20 heavy (non-hydrogen) atoms. The summed E-state index contributed by atoms with van der Waals surface area (Å²) in [7, 11) is 0. The maximum absolute atomic E-state index is 11.5. The molecule has 0 atom stereocenters. The first kappa shape index (κ1) is 16.7. The quantitative estimate of drug-likeness (QED) is 0.424. The van der Waals surface area contributed by atoms with E-state index in [0.717, 1.165) is 32.1 Å². The van der Waals surface area contributed by atoms with E-state index in [-0.39, 0.29) is 5.97 Å². The number of carbonyl (C=O) groups excluding carboxylic acids is 1. The van der Waals surface area contributed by atoms with Gasteiger partial charge >= 0.3 is 5.97 Å². The van der Waals surface area contributed by atoms with Gasteiger partial charge in [-0.05, 0) is 31.2 Å². The Morgan fingerprint density at radius 2 is 1.70 bits per heavy atom. The molecule has 0 aliphatic heterocycles. The van der Waals surface area contributed by atoms with Crippen molar-refractivity contribution in [2.24, 2.45) is 0 Å². The molecule has 0 radical (unpaired) electrons. The molecule has 112 valence electrons. The first-order chi connectivity index (χ1) is 9.83. The largest absolute Gasteiger partial charge is 0.466 e. The number of ether oxygens (including phenoxy) is 1. The van der Waals surface area contributed by atoms with Crippen molar-refractivity contribution >= 4 is 5.97 Å². The number of esters is 1. The Hall–Kier alpha value is -1.31. The van der Waals surface area contributed by atoms with Crippen LogP contribution in [0.2, 0.25) is 0 Å². The summed E-state index contributed by atoms with van der Waals surface area (Å²) in [6.07, 6.45) is 9.56. The molecule has 2 nitrogen and oxygen atoms in total. The van der Waals surface area contributed by atoms with E-state index in [2.05, 4.69) is 31.2 Å². The zero-order valence-corrected chi connectivity index (χ0v) is 12.8. The minimum absolute atomic E-state index is 0.0267. The fourth-order valence-electron chi connectivity index (χ4n) is 2.21. The molecule has 0 aromatic heterocycles. The summed E-state index contributed by atoms with van der Waals surface area (Å²) in [6.45, 7) is 2.77. The highest BCUT2D eigenvalue weighted by Crippen LogP contribution is 2.07. The highest BCUT2D eigenvalue weighted by atomic mass is 16.5. The fourth-order valence-corrected chi connectivity index (χ4v) is 2.21. The van der Waals surface area contributed by atoms with Crippen LogP contribution in [-0.4, -0.2) is 12.6 Å². The van der Waals surface area contributed by atoms with E-state index in [4.69, 9.17) is 4.74 Å². The molecule has 0 aliphatic rings. The molecule has 0 heterocycles. The average molecular weight is 276 g/mol. The van der Waals surface area contributed by atoms with Crippen LogP contribution in [0.15, 0.2) is 30.3 Å². The smallest absolute Gasteiger partial charge is 0.305 e. The van der Waals surface area contributed by atoms with Gasteiger partial charge in [-0.1, -0.05) is 62.9 Å². The number of carbonyl (C=O) groups is 1. The Morgan fingerprint density at radius 3 is 2.45 bits per heavy atom.